The molecule has 20 heavy (non-hydrogen) atoms. The normalized spacial score (nSPS) is 11.1. The van der Waals surface area contributed by atoms with E-state index in [1.165, 1.54) is 5.56 Å². The molecule has 0 spiro atoms. The number of nitrogens with two attached hydrogens (primary N) is 1. The Morgan fingerprint density at radius 2 is 1.50 bits per heavy atom. The first kappa shape index (κ1) is 15.6. The van der Waals surface area contributed by atoms with Gasteiger partial charge < -0.3 is 5.73 Å². The van der Waals surface area contributed by atoms with E-state index in [1.807, 2.05) is 24.3 Å². The SMILES string of the molecule is CN(Cc1ccc(Br)cc1)Cc1cc(Cl)c(N)c(Cl)c1. The zero-order valence-electron chi connectivity index (χ0n) is 11.0. The summed E-state index contributed by atoms with van der Waals surface area (Å²) in [7, 11) is 2.06. The summed E-state index contributed by atoms with van der Waals surface area (Å²) in [6.45, 7) is 1.61. The molecule has 106 valence electrons. The predicted molar refractivity (Wildman–Crippen MR) is 90.2 cm³/mol. The fourth-order valence-corrected chi connectivity index (χ4v) is 2.79. The van der Waals surface area contributed by atoms with Crippen LogP contribution in [0.3, 0.4) is 0 Å². The molecule has 0 atom stereocenters. The third-order valence-electron chi connectivity index (χ3n) is 2.96. The zero-order valence-corrected chi connectivity index (χ0v) is 14.1. The Morgan fingerprint density at radius 3 is 2.05 bits per heavy atom. The molecule has 0 unspecified atom stereocenters. The van der Waals surface area contributed by atoms with Crippen molar-refractivity contribution in [3.05, 3.63) is 62.0 Å². The van der Waals surface area contributed by atoms with Gasteiger partial charge in [-0.25, -0.2) is 0 Å². The van der Waals surface area contributed by atoms with Crippen LogP contribution in [0.4, 0.5) is 5.69 Å². The van der Waals surface area contributed by atoms with Gasteiger partial charge in [0.2, 0.25) is 0 Å². The second kappa shape index (κ2) is 6.81. The molecule has 2 nitrogen and oxygen atoms in total. The third-order valence-corrected chi connectivity index (χ3v) is 4.11. The molecule has 0 saturated carbocycles. The molecular formula is C15H15BrCl2N2. The van der Waals surface area contributed by atoms with E-state index in [4.69, 9.17) is 28.9 Å². The first-order valence-electron chi connectivity index (χ1n) is 6.12. The van der Waals surface area contributed by atoms with Gasteiger partial charge in [0, 0.05) is 17.6 Å². The van der Waals surface area contributed by atoms with Crippen molar-refractivity contribution in [2.75, 3.05) is 12.8 Å². The molecule has 0 radical (unpaired) electrons. The fraction of sp³-hybridized carbons (Fsp3) is 0.200. The minimum atomic E-state index is 0.438. The molecule has 0 fully saturated rings. The maximum Gasteiger partial charge on any atom is 0.0693 e. The maximum absolute atomic E-state index is 6.05. The smallest absolute Gasteiger partial charge is 0.0693 e. The van der Waals surface area contributed by atoms with E-state index in [0.717, 1.165) is 23.1 Å². The predicted octanol–water partition coefficient (Wildman–Crippen LogP) is 4.97. The van der Waals surface area contributed by atoms with Crippen molar-refractivity contribution in [1.29, 1.82) is 0 Å². The number of hydrogen-bond donors (Lipinski definition) is 1. The summed E-state index contributed by atoms with van der Waals surface area (Å²) >= 11 is 15.5. The van der Waals surface area contributed by atoms with Gasteiger partial charge in [0.15, 0.2) is 0 Å². The first-order valence-corrected chi connectivity index (χ1v) is 7.67. The van der Waals surface area contributed by atoms with Crippen molar-refractivity contribution in [3.8, 4) is 0 Å². The van der Waals surface area contributed by atoms with E-state index in [1.54, 1.807) is 0 Å². The van der Waals surface area contributed by atoms with Gasteiger partial charge in [-0.1, -0.05) is 51.3 Å². The molecule has 2 N–H and O–H groups in total. The Kier molecular flexibility index (Phi) is 5.33. The molecule has 0 aliphatic rings. The lowest BCUT2D eigenvalue weighted by Gasteiger charge is -2.17. The molecule has 0 aliphatic carbocycles. The average molecular weight is 374 g/mol. The van der Waals surface area contributed by atoms with E-state index in [-0.39, 0.29) is 0 Å². The highest BCUT2D eigenvalue weighted by molar-refractivity contribution is 9.10. The highest BCUT2D eigenvalue weighted by atomic mass is 79.9. The molecular weight excluding hydrogens is 359 g/mol. The van der Waals surface area contributed by atoms with Crippen LogP contribution in [-0.4, -0.2) is 11.9 Å². The van der Waals surface area contributed by atoms with Crippen LogP contribution in [0.25, 0.3) is 0 Å². The number of nitrogens with zero attached hydrogens (tertiary/aromatic N) is 1. The Morgan fingerprint density at radius 1 is 1.00 bits per heavy atom. The second-order valence-electron chi connectivity index (χ2n) is 4.77. The molecule has 0 aromatic heterocycles. The molecule has 5 heteroatoms. The molecule has 0 heterocycles. The first-order chi connectivity index (χ1) is 9.45. The summed E-state index contributed by atoms with van der Waals surface area (Å²) < 4.78 is 1.08. The van der Waals surface area contributed by atoms with Gasteiger partial charge in [0.25, 0.3) is 0 Å². The topological polar surface area (TPSA) is 29.3 Å². The van der Waals surface area contributed by atoms with Gasteiger partial charge in [0.1, 0.15) is 0 Å². The van der Waals surface area contributed by atoms with Crippen LogP contribution in [0.2, 0.25) is 10.0 Å². The minimum absolute atomic E-state index is 0.438. The van der Waals surface area contributed by atoms with Crippen LogP contribution in [-0.2, 0) is 13.1 Å². The lowest BCUT2D eigenvalue weighted by molar-refractivity contribution is 0.319. The summed E-state index contributed by atoms with van der Waals surface area (Å²) in [6.07, 6.45) is 0. The maximum atomic E-state index is 6.05. The molecule has 2 aromatic rings. The monoisotopic (exact) mass is 372 g/mol. The highest BCUT2D eigenvalue weighted by Gasteiger charge is 2.07. The van der Waals surface area contributed by atoms with Crippen molar-refractivity contribution >= 4 is 44.8 Å². The van der Waals surface area contributed by atoms with Crippen molar-refractivity contribution in [2.45, 2.75) is 13.1 Å². The van der Waals surface area contributed by atoms with Gasteiger partial charge in [-0.2, -0.15) is 0 Å². The zero-order chi connectivity index (χ0) is 14.7. The van der Waals surface area contributed by atoms with E-state index in [2.05, 4.69) is 40.0 Å². The third kappa shape index (κ3) is 4.13. The van der Waals surface area contributed by atoms with Gasteiger partial charge in [-0.15, -0.1) is 0 Å². The Balaban J connectivity index is 2.04. The van der Waals surface area contributed by atoms with Crippen LogP contribution in [0, 0.1) is 0 Å². The summed E-state index contributed by atoms with van der Waals surface area (Å²) in [5, 5.41) is 1.01. The van der Waals surface area contributed by atoms with Crippen LogP contribution >= 0.6 is 39.1 Å². The second-order valence-corrected chi connectivity index (χ2v) is 6.50. The number of rotatable bonds is 4. The van der Waals surface area contributed by atoms with Crippen LogP contribution < -0.4 is 5.73 Å². The Bertz CT molecular complexity index is 576. The van der Waals surface area contributed by atoms with E-state index in [0.29, 0.717) is 15.7 Å². The molecule has 2 rings (SSSR count). The molecule has 0 amide bonds. The number of nitrogen functional groups attached to an aromatic ring is 1. The molecule has 2 aromatic carbocycles. The van der Waals surface area contributed by atoms with Gasteiger partial charge in [-0.3, -0.25) is 4.90 Å². The lowest BCUT2D eigenvalue weighted by atomic mass is 10.1. The number of hydrogen-bond acceptors (Lipinski definition) is 2. The largest absolute Gasteiger partial charge is 0.396 e. The van der Waals surface area contributed by atoms with E-state index < -0.39 is 0 Å². The van der Waals surface area contributed by atoms with Gasteiger partial charge in [-0.05, 0) is 42.4 Å². The van der Waals surface area contributed by atoms with Crippen molar-refractivity contribution in [2.24, 2.45) is 0 Å². The van der Waals surface area contributed by atoms with Crippen molar-refractivity contribution < 1.29 is 0 Å². The van der Waals surface area contributed by atoms with Crippen LogP contribution in [0.1, 0.15) is 11.1 Å². The lowest BCUT2D eigenvalue weighted by Crippen LogP contribution is -2.17. The van der Waals surface area contributed by atoms with Crippen LogP contribution in [0.5, 0.6) is 0 Å². The highest BCUT2D eigenvalue weighted by Crippen LogP contribution is 2.29. The van der Waals surface area contributed by atoms with Crippen molar-refractivity contribution in [1.82, 2.24) is 4.90 Å². The summed E-state index contributed by atoms with van der Waals surface area (Å²) in [5.74, 6) is 0. The van der Waals surface area contributed by atoms with Gasteiger partial charge >= 0.3 is 0 Å². The quantitative estimate of drug-likeness (QED) is 0.766. The van der Waals surface area contributed by atoms with E-state index in [9.17, 15) is 0 Å². The Hall–Kier alpha value is -0.740. The molecule has 0 aliphatic heterocycles. The molecule has 0 bridgehead atoms. The number of benzene rings is 2. The van der Waals surface area contributed by atoms with Gasteiger partial charge in [0.05, 0.1) is 15.7 Å². The van der Waals surface area contributed by atoms with E-state index >= 15 is 0 Å². The summed E-state index contributed by atoms with van der Waals surface area (Å²) in [5.41, 5.74) is 8.48. The van der Waals surface area contributed by atoms with Crippen molar-refractivity contribution in [3.63, 3.8) is 0 Å². The number of halogens is 3. The summed E-state index contributed by atoms with van der Waals surface area (Å²) in [6, 6.07) is 12.0. The molecule has 0 saturated heterocycles. The fourth-order valence-electron chi connectivity index (χ4n) is 2.00. The average Bonchev–Trinajstić information content (AvgIpc) is 2.38. The standard InChI is InChI=1S/C15H15BrCl2N2/c1-20(8-10-2-4-12(16)5-3-10)9-11-6-13(17)15(19)14(18)7-11/h2-7H,8-9,19H2,1H3. The van der Waals surface area contributed by atoms with Crippen LogP contribution in [0.15, 0.2) is 40.9 Å². The Labute approximate surface area is 137 Å². The minimum Gasteiger partial charge on any atom is -0.396 e. The summed E-state index contributed by atoms with van der Waals surface area (Å²) in [4.78, 5) is 2.20. The number of anilines is 1.